The Morgan fingerprint density at radius 1 is 1.52 bits per heavy atom. The Morgan fingerprint density at radius 2 is 2.29 bits per heavy atom. The van der Waals surface area contributed by atoms with Crippen molar-refractivity contribution in [3.8, 4) is 0 Å². The molecule has 0 bridgehead atoms. The van der Waals surface area contributed by atoms with E-state index in [-0.39, 0.29) is 30.5 Å². The van der Waals surface area contributed by atoms with Crippen LogP contribution in [0.1, 0.15) is 30.9 Å². The number of aryl methyl sites for hydroxylation is 1. The number of carbonyl (C=O) groups is 1. The second-order valence-corrected chi connectivity index (χ2v) is 5.57. The molecule has 1 saturated heterocycles. The standard InChI is InChI=1S/C16H24N2O2.ClH/c1-11-5-4-6-14(9-11)12(2)10-18-16(19)15-13(3)20-8-7-17-15;/h4-6,9,12-13,15,17H,7-8,10H2,1-3H3,(H,18,19);1H/t12?,13-,15+;/m1./s1. The molecule has 0 aromatic heterocycles. The minimum Gasteiger partial charge on any atom is -0.375 e. The highest BCUT2D eigenvalue weighted by atomic mass is 35.5. The summed E-state index contributed by atoms with van der Waals surface area (Å²) in [4.78, 5) is 12.2. The van der Waals surface area contributed by atoms with E-state index in [1.54, 1.807) is 0 Å². The summed E-state index contributed by atoms with van der Waals surface area (Å²) in [6.45, 7) is 8.19. The minimum atomic E-state index is -0.242. The molecule has 1 heterocycles. The fourth-order valence-corrected chi connectivity index (χ4v) is 2.49. The summed E-state index contributed by atoms with van der Waals surface area (Å²) in [5, 5.41) is 6.22. The number of nitrogens with one attached hydrogen (secondary N) is 2. The van der Waals surface area contributed by atoms with Crippen LogP contribution in [-0.2, 0) is 9.53 Å². The van der Waals surface area contributed by atoms with Gasteiger partial charge in [0, 0.05) is 13.1 Å². The van der Waals surface area contributed by atoms with Crippen molar-refractivity contribution in [3.63, 3.8) is 0 Å². The molecule has 2 rings (SSSR count). The van der Waals surface area contributed by atoms with Gasteiger partial charge in [0.15, 0.2) is 0 Å². The number of halogens is 1. The number of amides is 1. The molecule has 21 heavy (non-hydrogen) atoms. The summed E-state index contributed by atoms with van der Waals surface area (Å²) >= 11 is 0. The average molecular weight is 313 g/mol. The smallest absolute Gasteiger partial charge is 0.239 e. The fourth-order valence-electron chi connectivity index (χ4n) is 2.49. The molecular weight excluding hydrogens is 288 g/mol. The normalized spacial score (nSPS) is 23.0. The number of morpholine rings is 1. The van der Waals surface area contributed by atoms with Gasteiger partial charge in [-0.3, -0.25) is 4.79 Å². The van der Waals surface area contributed by atoms with Crippen LogP contribution < -0.4 is 10.6 Å². The Labute approximate surface area is 133 Å². The Balaban J connectivity index is 0.00000220. The van der Waals surface area contributed by atoms with E-state index in [9.17, 15) is 4.79 Å². The van der Waals surface area contributed by atoms with E-state index in [0.717, 1.165) is 6.54 Å². The van der Waals surface area contributed by atoms with Gasteiger partial charge in [-0.25, -0.2) is 0 Å². The van der Waals surface area contributed by atoms with Crippen molar-refractivity contribution in [2.45, 2.75) is 38.8 Å². The molecule has 1 amide bonds. The van der Waals surface area contributed by atoms with Crippen molar-refractivity contribution in [3.05, 3.63) is 35.4 Å². The van der Waals surface area contributed by atoms with Gasteiger partial charge in [-0.1, -0.05) is 36.8 Å². The molecule has 4 nitrogen and oxygen atoms in total. The lowest BCUT2D eigenvalue weighted by atomic mass is 9.99. The van der Waals surface area contributed by atoms with Crippen LogP contribution in [0.3, 0.4) is 0 Å². The molecule has 0 saturated carbocycles. The third kappa shape index (κ3) is 4.99. The van der Waals surface area contributed by atoms with E-state index in [1.807, 2.05) is 6.92 Å². The fraction of sp³-hybridized carbons (Fsp3) is 0.562. The van der Waals surface area contributed by atoms with E-state index < -0.39 is 0 Å². The largest absolute Gasteiger partial charge is 0.375 e. The molecule has 118 valence electrons. The first-order valence-corrected chi connectivity index (χ1v) is 7.27. The SMILES string of the molecule is Cc1cccc(C(C)CNC(=O)[C@H]2NCCO[C@@H]2C)c1.Cl. The van der Waals surface area contributed by atoms with Crippen LogP contribution in [0.25, 0.3) is 0 Å². The van der Waals surface area contributed by atoms with Crippen LogP contribution in [0, 0.1) is 6.92 Å². The molecule has 2 N–H and O–H groups in total. The number of hydrogen-bond acceptors (Lipinski definition) is 3. The molecule has 0 radical (unpaired) electrons. The van der Waals surface area contributed by atoms with E-state index in [0.29, 0.717) is 19.1 Å². The van der Waals surface area contributed by atoms with Gasteiger partial charge in [0.2, 0.25) is 5.91 Å². The maximum atomic E-state index is 12.2. The highest BCUT2D eigenvalue weighted by Crippen LogP contribution is 2.15. The van der Waals surface area contributed by atoms with Crippen molar-refractivity contribution in [2.75, 3.05) is 19.7 Å². The van der Waals surface area contributed by atoms with Gasteiger partial charge < -0.3 is 15.4 Å². The molecule has 1 unspecified atom stereocenters. The topological polar surface area (TPSA) is 50.4 Å². The van der Waals surface area contributed by atoms with Gasteiger partial charge in [0.1, 0.15) is 6.04 Å². The van der Waals surface area contributed by atoms with E-state index in [4.69, 9.17) is 4.74 Å². The van der Waals surface area contributed by atoms with Gasteiger partial charge >= 0.3 is 0 Å². The minimum absolute atomic E-state index is 0. The molecule has 5 heteroatoms. The Kier molecular flexibility index (Phi) is 7.15. The highest BCUT2D eigenvalue weighted by molar-refractivity contribution is 5.85. The Hall–Kier alpha value is -1.10. The number of ether oxygens (including phenoxy) is 1. The first-order valence-electron chi connectivity index (χ1n) is 7.27. The molecule has 1 fully saturated rings. The molecule has 3 atom stereocenters. The van der Waals surface area contributed by atoms with E-state index in [1.165, 1.54) is 11.1 Å². The zero-order valence-electron chi connectivity index (χ0n) is 12.9. The maximum absolute atomic E-state index is 12.2. The molecule has 1 aromatic rings. The van der Waals surface area contributed by atoms with Crippen LogP contribution in [0.5, 0.6) is 0 Å². The second kappa shape index (κ2) is 8.37. The number of rotatable bonds is 4. The maximum Gasteiger partial charge on any atom is 0.239 e. The molecule has 1 aromatic carbocycles. The summed E-state index contributed by atoms with van der Waals surface area (Å²) in [7, 11) is 0. The molecule has 1 aliphatic heterocycles. The molecule has 1 aliphatic rings. The summed E-state index contributed by atoms with van der Waals surface area (Å²) in [6, 6.07) is 8.17. The van der Waals surface area contributed by atoms with Gasteiger partial charge in [-0.15, -0.1) is 12.4 Å². The van der Waals surface area contributed by atoms with Crippen molar-refractivity contribution >= 4 is 18.3 Å². The van der Waals surface area contributed by atoms with Gasteiger partial charge in [0.05, 0.1) is 12.7 Å². The number of benzene rings is 1. The zero-order chi connectivity index (χ0) is 14.5. The van der Waals surface area contributed by atoms with Crippen molar-refractivity contribution in [1.82, 2.24) is 10.6 Å². The molecular formula is C16H25ClN2O2. The van der Waals surface area contributed by atoms with Crippen LogP contribution >= 0.6 is 12.4 Å². The summed E-state index contributed by atoms with van der Waals surface area (Å²) in [5.41, 5.74) is 2.50. The van der Waals surface area contributed by atoms with Crippen LogP contribution in [-0.4, -0.2) is 37.7 Å². The van der Waals surface area contributed by atoms with Gasteiger partial charge in [-0.2, -0.15) is 0 Å². The van der Waals surface area contributed by atoms with Gasteiger partial charge in [0.25, 0.3) is 0 Å². The lowest BCUT2D eigenvalue weighted by molar-refractivity contribution is -0.128. The van der Waals surface area contributed by atoms with Gasteiger partial charge in [-0.05, 0) is 25.3 Å². The third-order valence-corrected chi connectivity index (χ3v) is 3.79. The first-order chi connectivity index (χ1) is 9.58. The van der Waals surface area contributed by atoms with E-state index >= 15 is 0 Å². The Morgan fingerprint density at radius 3 is 2.95 bits per heavy atom. The molecule has 0 spiro atoms. The Bertz CT molecular complexity index is 467. The quantitative estimate of drug-likeness (QED) is 0.894. The van der Waals surface area contributed by atoms with Crippen LogP contribution in [0.15, 0.2) is 24.3 Å². The predicted octanol–water partition coefficient (Wildman–Crippen LogP) is 2.01. The highest BCUT2D eigenvalue weighted by Gasteiger charge is 2.28. The third-order valence-electron chi connectivity index (χ3n) is 3.79. The number of hydrogen-bond donors (Lipinski definition) is 2. The predicted molar refractivity (Wildman–Crippen MR) is 87.1 cm³/mol. The second-order valence-electron chi connectivity index (χ2n) is 5.57. The lowest BCUT2D eigenvalue weighted by Gasteiger charge is -2.29. The van der Waals surface area contributed by atoms with Crippen molar-refractivity contribution in [2.24, 2.45) is 0 Å². The summed E-state index contributed by atoms with van der Waals surface area (Å²) < 4.78 is 5.50. The van der Waals surface area contributed by atoms with Crippen LogP contribution in [0.2, 0.25) is 0 Å². The average Bonchev–Trinajstić information content (AvgIpc) is 2.45. The summed E-state index contributed by atoms with van der Waals surface area (Å²) in [5.74, 6) is 0.329. The van der Waals surface area contributed by atoms with Crippen molar-refractivity contribution in [1.29, 1.82) is 0 Å². The zero-order valence-corrected chi connectivity index (χ0v) is 13.7. The summed E-state index contributed by atoms with van der Waals surface area (Å²) in [6.07, 6.45) is -0.0713. The molecule has 0 aliphatic carbocycles. The van der Waals surface area contributed by atoms with Crippen LogP contribution in [0.4, 0.5) is 0 Å². The first kappa shape index (κ1) is 18.0. The van der Waals surface area contributed by atoms with Crippen molar-refractivity contribution < 1.29 is 9.53 Å². The monoisotopic (exact) mass is 312 g/mol. The van der Waals surface area contributed by atoms with E-state index in [2.05, 4.69) is 48.7 Å². The lowest BCUT2D eigenvalue weighted by Crippen LogP contribution is -2.55. The number of carbonyl (C=O) groups excluding carboxylic acids is 1.